The monoisotopic (exact) mass is 663 g/mol. The summed E-state index contributed by atoms with van der Waals surface area (Å²) in [7, 11) is 0. The Morgan fingerprint density at radius 3 is 2.96 bits per heavy atom. The highest BCUT2D eigenvalue weighted by Gasteiger charge is 2.50. The maximum absolute atomic E-state index is 17.3. The van der Waals surface area contributed by atoms with E-state index < -0.39 is 29.8 Å². The number of alkyl halides is 1. The number of fused-ring (bicyclic) bond motifs is 7. The van der Waals surface area contributed by atoms with Crippen molar-refractivity contribution in [3.05, 3.63) is 46.5 Å². The Labute approximate surface area is 276 Å². The number of phenols is 1. The van der Waals surface area contributed by atoms with Gasteiger partial charge in [-0.05, 0) is 61.3 Å². The van der Waals surface area contributed by atoms with E-state index in [1.54, 1.807) is 0 Å². The number of aromatic hydroxyl groups is 1. The molecule has 12 heteroatoms. The first-order valence-electron chi connectivity index (χ1n) is 16.8. The maximum atomic E-state index is 17.3. The van der Waals surface area contributed by atoms with Crippen molar-refractivity contribution in [2.75, 3.05) is 37.7 Å². The number of phenolic OH excluding ortho intramolecular Hbond substituents is 1. The number of rotatable bonds is 4. The zero-order chi connectivity index (χ0) is 34.0. The van der Waals surface area contributed by atoms with Crippen molar-refractivity contribution in [1.82, 2.24) is 20.2 Å². The average Bonchev–Trinajstić information content (AvgIpc) is 3.66. The minimum Gasteiger partial charge on any atom is -0.508 e. The molecule has 5 aliphatic rings. The molecule has 6 heterocycles. The van der Waals surface area contributed by atoms with Crippen molar-refractivity contribution in [1.29, 1.82) is 0 Å². The SMILES string of the molecule is [2H]C1([2H])CC[C@@]2(COc3nc4c5c(c(Cl)c(-c6cc(O)cc7ccc(F)c(C#C)c67)c(F)c5n3)OCC3C5CCC(CN43)N5)C[C@@H](F)CN12. The minimum absolute atomic E-state index is 0.0409. The molecule has 5 aliphatic heterocycles. The van der Waals surface area contributed by atoms with E-state index in [0.29, 0.717) is 24.2 Å². The number of anilines is 1. The topological polar surface area (TPSA) is 83.0 Å². The summed E-state index contributed by atoms with van der Waals surface area (Å²) in [6.45, 7) is -1.05. The van der Waals surface area contributed by atoms with Crippen LogP contribution in [0.25, 0.3) is 32.8 Å². The van der Waals surface area contributed by atoms with E-state index >= 15 is 8.78 Å². The molecule has 0 amide bonds. The van der Waals surface area contributed by atoms with Gasteiger partial charge in [-0.3, -0.25) is 4.90 Å². The standard InChI is InChI=1S/C35H31ClF3N5O3/c1-2-21-23(38)6-4-17-10-20(45)11-22(26(17)21)27-29(36)32-28-31(30(27)39)41-34(47-16-35-8-3-9-43(35)13-18(37)12-35)42-33(28)44-14-19-5-7-24(40-19)25(44)15-46-32/h1,4,6,10-11,18-19,24-25,40,45H,3,5,7-9,12-16H2/t18-,19?,24?,25?,35+/m1/s1/i9D2. The smallest absolute Gasteiger partial charge is 0.319 e. The molecule has 2 bridgehead atoms. The highest BCUT2D eigenvalue weighted by atomic mass is 35.5. The molecule has 4 saturated heterocycles. The third-order valence-electron chi connectivity index (χ3n) is 10.6. The summed E-state index contributed by atoms with van der Waals surface area (Å²) in [5.74, 6) is 1.10. The Hall–Kier alpha value is -3.98. The lowest BCUT2D eigenvalue weighted by atomic mass is 9.92. The molecule has 242 valence electrons. The number of terminal acetylenes is 1. The van der Waals surface area contributed by atoms with Crippen LogP contribution in [0.1, 0.15) is 40.4 Å². The summed E-state index contributed by atoms with van der Waals surface area (Å²) in [6.07, 6.45) is 7.10. The van der Waals surface area contributed by atoms with Crippen LogP contribution in [-0.4, -0.2) is 82.6 Å². The number of nitrogens with zero attached hydrogens (tertiary/aromatic N) is 4. The summed E-state index contributed by atoms with van der Waals surface area (Å²) in [6, 6.07) is 5.23. The van der Waals surface area contributed by atoms with Gasteiger partial charge >= 0.3 is 6.01 Å². The van der Waals surface area contributed by atoms with E-state index in [1.807, 2.05) is 0 Å². The van der Waals surface area contributed by atoms with Crippen LogP contribution in [0.2, 0.25) is 5.02 Å². The normalized spacial score (nSPS) is 29.6. The molecule has 3 unspecified atom stereocenters. The zero-order valence-corrected chi connectivity index (χ0v) is 25.9. The predicted octanol–water partition coefficient (Wildman–Crippen LogP) is 5.73. The first-order chi connectivity index (χ1) is 23.5. The fourth-order valence-corrected chi connectivity index (χ4v) is 8.76. The van der Waals surface area contributed by atoms with Gasteiger partial charge in [0.1, 0.15) is 42.3 Å². The molecule has 4 fully saturated rings. The Bertz CT molecular complexity index is 2140. The molecular weight excluding hydrogens is 631 g/mol. The molecule has 3 aromatic carbocycles. The molecule has 47 heavy (non-hydrogen) atoms. The van der Waals surface area contributed by atoms with Crippen molar-refractivity contribution in [2.45, 2.75) is 61.9 Å². The Kier molecular flexibility index (Phi) is 6.04. The van der Waals surface area contributed by atoms with Gasteiger partial charge in [0.25, 0.3) is 0 Å². The van der Waals surface area contributed by atoms with Gasteiger partial charge in [-0.2, -0.15) is 9.97 Å². The van der Waals surface area contributed by atoms with Gasteiger partial charge in [0.2, 0.25) is 0 Å². The number of nitrogens with one attached hydrogen (secondary N) is 1. The summed E-state index contributed by atoms with van der Waals surface area (Å²) in [4.78, 5) is 13.0. The van der Waals surface area contributed by atoms with Crippen LogP contribution in [0.4, 0.5) is 19.0 Å². The molecule has 1 aromatic heterocycles. The predicted molar refractivity (Wildman–Crippen MR) is 172 cm³/mol. The quantitative estimate of drug-likeness (QED) is 0.268. The summed E-state index contributed by atoms with van der Waals surface area (Å²) < 4.78 is 76.6. The van der Waals surface area contributed by atoms with Crippen molar-refractivity contribution in [2.24, 2.45) is 0 Å². The molecular formula is C35H31ClF3N5O3. The molecule has 0 radical (unpaired) electrons. The second-order valence-electron chi connectivity index (χ2n) is 13.2. The van der Waals surface area contributed by atoms with Gasteiger partial charge < -0.3 is 24.8 Å². The van der Waals surface area contributed by atoms with Crippen LogP contribution in [0, 0.1) is 24.0 Å². The number of ether oxygens (including phenoxy) is 2. The lowest BCUT2D eigenvalue weighted by Gasteiger charge is -2.40. The van der Waals surface area contributed by atoms with E-state index in [9.17, 15) is 9.50 Å². The van der Waals surface area contributed by atoms with E-state index in [1.165, 1.54) is 29.2 Å². The number of benzene rings is 3. The average molecular weight is 664 g/mol. The summed E-state index contributed by atoms with van der Waals surface area (Å²) in [5, 5.41) is 15.0. The minimum atomic E-state index is -1.68. The summed E-state index contributed by atoms with van der Waals surface area (Å²) in [5.41, 5.74) is -1.32. The molecule has 0 aliphatic carbocycles. The van der Waals surface area contributed by atoms with Crippen molar-refractivity contribution in [3.63, 3.8) is 0 Å². The largest absolute Gasteiger partial charge is 0.508 e. The zero-order valence-electron chi connectivity index (χ0n) is 27.1. The van der Waals surface area contributed by atoms with Crippen LogP contribution < -0.4 is 19.7 Å². The summed E-state index contributed by atoms with van der Waals surface area (Å²) >= 11 is 7.07. The van der Waals surface area contributed by atoms with E-state index in [0.717, 1.165) is 12.8 Å². The van der Waals surface area contributed by atoms with Crippen LogP contribution >= 0.6 is 11.6 Å². The van der Waals surface area contributed by atoms with Gasteiger partial charge in [0.15, 0.2) is 11.6 Å². The molecule has 2 N–H and O–H groups in total. The van der Waals surface area contributed by atoms with Gasteiger partial charge in [0.05, 0.1) is 27.6 Å². The highest BCUT2D eigenvalue weighted by molar-refractivity contribution is 6.37. The van der Waals surface area contributed by atoms with Crippen LogP contribution in [-0.2, 0) is 0 Å². The molecule has 9 rings (SSSR count). The fourth-order valence-electron chi connectivity index (χ4n) is 8.43. The maximum Gasteiger partial charge on any atom is 0.319 e. The van der Waals surface area contributed by atoms with Gasteiger partial charge in [-0.15, -0.1) is 6.42 Å². The first-order valence-corrected chi connectivity index (χ1v) is 16.2. The van der Waals surface area contributed by atoms with E-state index in [4.69, 9.17) is 35.2 Å². The van der Waals surface area contributed by atoms with Gasteiger partial charge in [-0.1, -0.05) is 23.6 Å². The fraction of sp³-hybridized carbons (Fsp3) is 0.429. The molecule has 0 saturated carbocycles. The second-order valence-corrected chi connectivity index (χ2v) is 13.6. The third kappa shape index (κ3) is 4.31. The number of hydrogen-bond acceptors (Lipinski definition) is 8. The van der Waals surface area contributed by atoms with Crippen molar-refractivity contribution >= 4 is 39.1 Å². The van der Waals surface area contributed by atoms with Gasteiger partial charge in [0, 0.05) is 45.3 Å². The Balaban J connectivity index is 1.26. The van der Waals surface area contributed by atoms with Crippen molar-refractivity contribution in [3.8, 4) is 41.0 Å². The molecule has 5 atom stereocenters. The molecule has 4 aromatic rings. The van der Waals surface area contributed by atoms with E-state index in [-0.39, 0.29) is 106 Å². The van der Waals surface area contributed by atoms with Crippen LogP contribution in [0.3, 0.4) is 0 Å². The lowest BCUT2D eigenvalue weighted by molar-refractivity contribution is 0.107. The number of aromatic nitrogens is 2. The number of piperazine rings is 1. The van der Waals surface area contributed by atoms with Crippen LogP contribution in [0.15, 0.2) is 24.3 Å². The van der Waals surface area contributed by atoms with Crippen molar-refractivity contribution < 1.29 is 30.5 Å². The molecule has 8 nitrogen and oxygen atoms in total. The Morgan fingerprint density at radius 1 is 1.23 bits per heavy atom. The first kappa shape index (κ1) is 27.0. The molecule has 0 spiro atoms. The third-order valence-corrected chi connectivity index (χ3v) is 10.9. The number of hydrogen-bond donors (Lipinski definition) is 2. The van der Waals surface area contributed by atoms with Crippen LogP contribution in [0.5, 0.6) is 17.5 Å². The highest BCUT2D eigenvalue weighted by Crippen LogP contribution is 2.51. The lowest BCUT2D eigenvalue weighted by Crippen LogP contribution is -2.60. The second kappa shape index (κ2) is 10.5. The van der Waals surface area contributed by atoms with E-state index in [2.05, 4.69) is 21.1 Å². The Morgan fingerprint density at radius 2 is 2.11 bits per heavy atom. The van der Waals surface area contributed by atoms with Gasteiger partial charge in [-0.25, -0.2) is 13.2 Å². The number of halogens is 4.